The van der Waals surface area contributed by atoms with Gasteiger partial charge in [-0.25, -0.2) is 5.01 Å². The third-order valence-electron chi connectivity index (χ3n) is 3.56. The maximum atomic E-state index is 11.5. The molecule has 1 fully saturated rings. The minimum atomic E-state index is 0.0931. The SMILES string of the molecule is CC(=O)N1N=C2CCCC[C@H]2[C@@H]1C(C)C. The summed E-state index contributed by atoms with van der Waals surface area (Å²) in [5, 5.41) is 6.24. The lowest BCUT2D eigenvalue weighted by Gasteiger charge is -2.30. The van der Waals surface area contributed by atoms with Crippen LogP contribution in [0.5, 0.6) is 0 Å². The maximum absolute atomic E-state index is 11.5. The van der Waals surface area contributed by atoms with Gasteiger partial charge in [-0.2, -0.15) is 5.10 Å². The second kappa shape index (κ2) is 3.95. The number of fused-ring (bicyclic) bond motifs is 1. The quantitative estimate of drug-likeness (QED) is 0.651. The molecule has 1 saturated carbocycles. The Bertz CT molecular complexity index is 296. The van der Waals surface area contributed by atoms with E-state index < -0.39 is 0 Å². The van der Waals surface area contributed by atoms with Gasteiger partial charge in [-0.1, -0.05) is 20.3 Å². The first-order chi connectivity index (χ1) is 7.11. The molecular formula is C12H20N2O. The van der Waals surface area contributed by atoms with Gasteiger partial charge < -0.3 is 0 Å². The summed E-state index contributed by atoms with van der Waals surface area (Å²) in [6.07, 6.45) is 4.84. The van der Waals surface area contributed by atoms with E-state index in [1.54, 1.807) is 11.9 Å². The molecule has 84 valence electrons. The molecule has 2 atom stereocenters. The van der Waals surface area contributed by atoms with Crippen molar-refractivity contribution in [2.24, 2.45) is 16.9 Å². The molecule has 0 aromatic heterocycles. The summed E-state index contributed by atoms with van der Waals surface area (Å²) in [5.74, 6) is 1.14. The Morgan fingerprint density at radius 2 is 2.20 bits per heavy atom. The van der Waals surface area contributed by atoms with E-state index in [4.69, 9.17) is 0 Å². The monoisotopic (exact) mass is 208 g/mol. The van der Waals surface area contributed by atoms with E-state index in [0.717, 1.165) is 6.42 Å². The normalized spacial score (nSPS) is 30.4. The summed E-state index contributed by atoms with van der Waals surface area (Å²) >= 11 is 0. The first-order valence-electron chi connectivity index (χ1n) is 5.98. The fourth-order valence-electron chi connectivity index (χ4n) is 2.92. The van der Waals surface area contributed by atoms with Crippen LogP contribution < -0.4 is 0 Å². The number of hydrogen-bond donors (Lipinski definition) is 0. The molecule has 2 aliphatic rings. The molecule has 1 aliphatic heterocycles. The lowest BCUT2D eigenvalue weighted by Crippen LogP contribution is -2.40. The van der Waals surface area contributed by atoms with Crippen molar-refractivity contribution in [2.75, 3.05) is 0 Å². The summed E-state index contributed by atoms with van der Waals surface area (Å²) in [4.78, 5) is 11.5. The third-order valence-corrected chi connectivity index (χ3v) is 3.56. The van der Waals surface area contributed by atoms with Crippen molar-refractivity contribution in [3.8, 4) is 0 Å². The van der Waals surface area contributed by atoms with Gasteiger partial charge in [0, 0.05) is 18.6 Å². The largest absolute Gasteiger partial charge is 0.273 e. The van der Waals surface area contributed by atoms with E-state index in [1.807, 2.05) is 0 Å². The highest BCUT2D eigenvalue weighted by atomic mass is 16.2. The summed E-state index contributed by atoms with van der Waals surface area (Å²) in [5.41, 5.74) is 1.27. The zero-order valence-corrected chi connectivity index (χ0v) is 9.86. The number of hydrazone groups is 1. The van der Waals surface area contributed by atoms with E-state index in [1.165, 1.54) is 25.0 Å². The summed E-state index contributed by atoms with van der Waals surface area (Å²) in [6.45, 7) is 6.00. The van der Waals surface area contributed by atoms with Crippen LogP contribution in [0.3, 0.4) is 0 Å². The van der Waals surface area contributed by atoms with Crippen LogP contribution in [0.15, 0.2) is 5.10 Å². The Morgan fingerprint density at radius 1 is 1.47 bits per heavy atom. The van der Waals surface area contributed by atoms with Crippen LogP contribution in [0.25, 0.3) is 0 Å². The highest BCUT2D eigenvalue weighted by Gasteiger charge is 2.41. The Morgan fingerprint density at radius 3 is 2.80 bits per heavy atom. The van der Waals surface area contributed by atoms with Gasteiger partial charge in [0.15, 0.2) is 0 Å². The molecule has 0 saturated heterocycles. The molecule has 0 radical (unpaired) electrons. The predicted molar refractivity (Wildman–Crippen MR) is 60.5 cm³/mol. The molecule has 2 rings (SSSR count). The lowest BCUT2D eigenvalue weighted by atomic mass is 9.79. The average molecular weight is 208 g/mol. The van der Waals surface area contributed by atoms with E-state index >= 15 is 0 Å². The first kappa shape index (κ1) is 10.7. The Kier molecular flexibility index (Phi) is 2.81. The van der Waals surface area contributed by atoms with Gasteiger partial charge in [0.1, 0.15) is 0 Å². The van der Waals surface area contributed by atoms with E-state index in [2.05, 4.69) is 18.9 Å². The van der Waals surface area contributed by atoms with Gasteiger partial charge in [-0.05, 0) is 25.2 Å². The average Bonchev–Trinajstić information content (AvgIpc) is 2.56. The summed E-state index contributed by atoms with van der Waals surface area (Å²) in [7, 11) is 0. The fourth-order valence-corrected chi connectivity index (χ4v) is 2.92. The van der Waals surface area contributed by atoms with Crippen LogP contribution in [0.2, 0.25) is 0 Å². The zero-order valence-electron chi connectivity index (χ0n) is 9.86. The molecule has 0 unspecified atom stereocenters. The second-order valence-electron chi connectivity index (χ2n) is 5.04. The van der Waals surface area contributed by atoms with Crippen LogP contribution in [-0.4, -0.2) is 22.7 Å². The van der Waals surface area contributed by atoms with Crippen LogP contribution in [0.4, 0.5) is 0 Å². The molecule has 15 heavy (non-hydrogen) atoms. The maximum Gasteiger partial charge on any atom is 0.239 e. The smallest absolute Gasteiger partial charge is 0.239 e. The van der Waals surface area contributed by atoms with Crippen LogP contribution >= 0.6 is 0 Å². The van der Waals surface area contributed by atoms with Gasteiger partial charge >= 0.3 is 0 Å². The van der Waals surface area contributed by atoms with Crippen LogP contribution in [0, 0.1) is 11.8 Å². The molecule has 0 spiro atoms. The number of amides is 1. The summed E-state index contributed by atoms with van der Waals surface area (Å²) in [6, 6.07) is 0.317. The number of carbonyl (C=O) groups excluding carboxylic acids is 1. The topological polar surface area (TPSA) is 32.7 Å². The molecule has 1 amide bonds. The summed E-state index contributed by atoms with van der Waals surface area (Å²) < 4.78 is 0. The van der Waals surface area contributed by atoms with Crippen molar-refractivity contribution in [1.82, 2.24) is 5.01 Å². The minimum absolute atomic E-state index is 0.0931. The molecule has 0 bridgehead atoms. The third kappa shape index (κ3) is 1.80. The highest BCUT2D eigenvalue weighted by Crippen LogP contribution is 2.36. The molecule has 3 heteroatoms. The van der Waals surface area contributed by atoms with Gasteiger partial charge in [-0.3, -0.25) is 4.79 Å². The van der Waals surface area contributed by atoms with Crippen LogP contribution in [0.1, 0.15) is 46.5 Å². The second-order valence-corrected chi connectivity index (χ2v) is 5.04. The Balaban J connectivity index is 2.24. The van der Waals surface area contributed by atoms with Crippen molar-refractivity contribution in [3.63, 3.8) is 0 Å². The van der Waals surface area contributed by atoms with E-state index in [9.17, 15) is 4.79 Å². The van der Waals surface area contributed by atoms with Gasteiger partial charge in [0.25, 0.3) is 0 Å². The molecule has 1 aliphatic carbocycles. The zero-order chi connectivity index (χ0) is 11.0. The molecular weight excluding hydrogens is 188 g/mol. The fraction of sp³-hybridized carbons (Fsp3) is 0.833. The predicted octanol–water partition coefficient (Wildman–Crippen LogP) is 2.42. The van der Waals surface area contributed by atoms with E-state index in [-0.39, 0.29) is 5.91 Å². The number of hydrogen-bond acceptors (Lipinski definition) is 2. The molecule has 0 aromatic rings. The van der Waals surface area contributed by atoms with Crippen molar-refractivity contribution in [3.05, 3.63) is 0 Å². The molecule has 0 aromatic carbocycles. The number of carbonyl (C=O) groups is 1. The van der Waals surface area contributed by atoms with Gasteiger partial charge in [0.2, 0.25) is 5.91 Å². The molecule has 0 N–H and O–H groups in total. The van der Waals surface area contributed by atoms with Crippen molar-refractivity contribution < 1.29 is 4.79 Å². The molecule has 1 heterocycles. The highest BCUT2D eigenvalue weighted by molar-refractivity contribution is 5.92. The Hall–Kier alpha value is -0.860. The van der Waals surface area contributed by atoms with Crippen LogP contribution in [-0.2, 0) is 4.79 Å². The number of nitrogens with zero attached hydrogens (tertiary/aromatic N) is 2. The van der Waals surface area contributed by atoms with Crippen molar-refractivity contribution >= 4 is 11.6 Å². The van der Waals surface area contributed by atoms with Gasteiger partial charge in [-0.15, -0.1) is 0 Å². The minimum Gasteiger partial charge on any atom is -0.273 e. The standard InChI is InChI=1S/C12H20N2O/c1-8(2)12-10-6-4-5-7-11(10)13-14(12)9(3)15/h8,10,12H,4-7H2,1-3H3/t10-,12+/m1/s1. The van der Waals surface area contributed by atoms with E-state index in [0.29, 0.717) is 17.9 Å². The van der Waals surface area contributed by atoms with Crippen molar-refractivity contribution in [2.45, 2.75) is 52.5 Å². The molecule has 3 nitrogen and oxygen atoms in total. The van der Waals surface area contributed by atoms with Crippen molar-refractivity contribution in [1.29, 1.82) is 0 Å². The lowest BCUT2D eigenvalue weighted by molar-refractivity contribution is -0.132. The van der Waals surface area contributed by atoms with Gasteiger partial charge in [0.05, 0.1) is 6.04 Å². The first-order valence-corrected chi connectivity index (χ1v) is 5.98. The number of rotatable bonds is 1. The Labute approximate surface area is 91.5 Å².